The van der Waals surface area contributed by atoms with Crippen LogP contribution >= 0.6 is 0 Å². The van der Waals surface area contributed by atoms with E-state index in [-0.39, 0.29) is 0 Å². The third-order valence-electron chi connectivity index (χ3n) is 3.36. The van der Waals surface area contributed by atoms with E-state index < -0.39 is 0 Å². The molecule has 2 heteroatoms. The molecule has 92 valence electrons. The van der Waals surface area contributed by atoms with Crippen LogP contribution in [0.3, 0.4) is 0 Å². The van der Waals surface area contributed by atoms with Gasteiger partial charge in [-0.25, -0.2) is 0 Å². The van der Waals surface area contributed by atoms with E-state index >= 15 is 0 Å². The highest BCUT2D eigenvalue weighted by Gasteiger charge is 2.17. The number of aromatic hydroxyl groups is 1. The Bertz CT molecular complexity index is 398. The van der Waals surface area contributed by atoms with Crippen LogP contribution in [-0.4, -0.2) is 30.6 Å². The maximum atomic E-state index is 9.48. The van der Waals surface area contributed by atoms with Crippen LogP contribution in [0.1, 0.15) is 24.3 Å². The highest BCUT2D eigenvalue weighted by atomic mass is 16.3. The predicted molar refractivity (Wildman–Crippen MR) is 71.3 cm³/mol. The maximum absolute atomic E-state index is 9.48. The van der Waals surface area contributed by atoms with E-state index in [9.17, 15) is 5.11 Å². The molecule has 1 aliphatic carbocycles. The van der Waals surface area contributed by atoms with Gasteiger partial charge < -0.3 is 10.0 Å². The van der Waals surface area contributed by atoms with Crippen LogP contribution in [-0.2, 0) is 0 Å². The Labute approximate surface area is 104 Å². The third-order valence-corrected chi connectivity index (χ3v) is 3.36. The smallest absolute Gasteiger partial charge is 0.115 e. The summed E-state index contributed by atoms with van der Waals surface area (Å²) in [5, 5.41) is 9.48. The van der Waals surface area contributed by atoms with Crippen LogP contribution < -0.4 is 0 Å². The van der Waals surface area contributed by atoms with Gasteiger partial charge in [-0.15, -0.1) is 0 Å². The Morgan fingerprint density at radius 1 is 1.24 bits per heavy atom. The Kier molecular flexibility index (Phi) is 3.85. The van der Waals surface area contributed by atoms with E-state index in [0.29, 0.717) is 17.6 Å². The number of hydrogen-bond acceptors (Lipinski definition) is 2. The van der Waals surface area contributed by atoms with Gasteiger partial charge in [0.2, 0.25) is 0 Å². The number of phenols is 1. The summed E-state index contributed by atoms with van der Waals surface area (Å²) in [4.78, 5) is 2.24. The summed E-state index contributed by atoms with van der Waals surface area (Å²) < 4.78 is 0. The summed E-state index contributed by atoms with van der Waals surface area (Å²) in [6, 6.07) is 7.62. The molecule has 0 radical (unpaired) electrons. The summed E-state index contributed by atoms with van der Waals surface area (Å²) in [6.45, 7) is 1.13. The lowest BCUT2D eigenvalue weighted by atomic mass is 9.84. The van der Waals surface area contributed by atoms with Gasteiger partial charge in [0.25, 0.3) is 0 Å². The van der Waals surface area contributed by atoms with E-state index in [2.05, 4.69) is 37.2 Å². The summed E-state index contributed by atoms with van der Waals surface area (Å²) in [6.07, 6.45) is 7.04. The van der Waals surface area contributed by atoms with Crippen molar-refractivity contribution in [2.45, 2.75) is 18.8 Å². The van der Waals surface area contributed by atoms with Crippen molar-refractivity contribution < 1.29 is 5.11 Å². The van der Waals surface area contributed by atoms with Gasteiger partial charge in [-0.1, -0.05) is 24.3 Å². The van der Waals surface area contributed by atoms with E-state index in [4.69, 9.17) is 0 Å². The minimum atomic E-state index is 0.367. The Morgan fingerprint density at radius 2 is 2.06 bits per heavy atom. The number of allylic oxidation sites excluding steroid dienone is 1. The molecule has 0 saturated carbocycles. The largest absolute Gasteiger partial charge is 0.508 e. The fourth-order valence-electron chi connectivity index (χ4n) is 2.53. The van der Waals surface area contributed by atoms with Crippen molar-refractivity contribution >= 4 is 0 Å². The lowest BCUT2D eigenvalue weighted by Gasteiger charge is -2.25. The van der Waals surface area contributed by atoms with Crippen LogP contribution in [0.25, 0.3) is 0 Å². The van der Waals surface area contributed by atoms with Crippen molar-refractivity contribution in [1.82, 2.24) is 4.90 Å². The molecule has 0 spiro atoms. The molecule has 1 aromatic carbocycles. The standard InChI is InChI=1S/C15H21NO/c1-16(2)11-12-6-8-13(9-7-12)14-4-3-5-15(17)10-14/h3-6,8,10,12-13,17H,7,9,11H2,1-2H3. The molecule has 1 aromatic rings. The van der Waals surface area contributed by atoms with Gasteiger partial charge in [0.05, 0.1) is 0 Å². The van der Waals surface area contributed by atoms with Gasteiger partial charge in [-0.2, -0.15) is 0 Å². The maximum Gasteiger partial charge on any atom is 0.115 e. The molecule has 2 nitrogen and oxygen atoms in total. The van der Waals surface area contributed by atoms with E-state index in [1.165, 1.54) is 18.4 Å². The van der Waals surface area contributed by atoms with Crippen molar-refractivity contribution in [2.75, 3.05) is 20.6 Å². The molecule has 0 amide bonds. The molecular weight excluding hydrogens is 210 g/mol. The molecule has 1 N–H and O–H groups in total. The number of phenolic OH excluding ortho intramolecular Hbond substituents is 1. The van der Waals surface area contributed by atoms with E-state index in [0.717, 1.165) is 6.54 Å². The first-order valence-corrected chi connectivity index (χ1v) is 6.27. The molecule has 0 heterocycles. The highest BCUT2D eigenvalue weighted by molar-refractivity contribution is 5.32. The first-order chi connectivity index (χ1) is 8.15. The van der Waals surface area contributed by atoms with Crippen LogP contribution in [0.2, 0.25) is 0 Å². The van der Waals surface area contributed by atoms with Crippen LogP contribution in [0, 0.1) is 5.92 Å². The lowest BCUT2D eigenvalue weighted by molar-refractivity contribution is 0.335. The molecule has 17 heavy (non-hydrogen) atoms. The SMILES string of the molecule is CN(C)CC1C=CC(c2cccc(O)c2)CC1. The van der Waals surface area contributed by atoms with Gasteiger partial charge in [-0.05, 0) is 50.6 Å². The second kappa shape index (κ2) is 5.37. The molecule has 1 aliphatic rings. The first kappa shape index (κ1) is 12.2. The van der Waals surface area contributed by atoms with Crippen LogP contribution in [0.15, 0.2) is 36.4 Å². The quantitative estimate of drug-likeness (QED) is 0.808. The second-order valence-corrected chi connectivity index (χ2v) is 5.19. The molecule has 0 aromatic heterocycles. The first-order valence-electron chi connectivity index (χ1n) is 6.27. The van der Waals surface area contributed by atoms with E-state index in [1.54, 1.807) is 6.07 Å². The van der Waals surface area contributed by atoms with Crippen molar-refractivity contribution in [3.05, 3.63) is 42.0 Å². The summed E-state index contributed by atoms with van der Waals surface area (Å²) in [5.41, 5.74) is 1.23. The minimum absolute atomic E-state index is 0.367. The van der Waals surface area contributed by atoms with Crippen molar-refractivity contribution in [3.8, 4) is 5.75 Å². The van der Waals surface area contributed by atoms with E-state index in [1.807, 2.05) is 12.1 Å². The van der Waals surface area contributed by atoms with Gasteiger partial charge in [0.15, 0.2) is 0 Å². The topological polar surface area (TPSA) is 23.5 Å². The lowest BCUT2D eigenvalue weighted by Crippen LogP contribution is -2.22. The normalized spacial score (nSPS) is 24.2. The molecule has 0 fully saturated rings. The second-order valence-electron chi connectivity index (χ2n) is 5.19. The zero-order chi connectivity index (χ0) is 12.3. The Morgan fingerprint density at radius 3 is 2.65 bits per heavy atom. The highest BCUT2D eigenvalue weighted by Crippen LogP contribution is 2.31. The molecule has 2 unspecified atom stereocenters. The van der Waals surface area contributed by atoms with Crippen LogP contribution in [0.5, 0.6) is 5.75 Å². The zero-order valence-electron chi connectivity index (χ0n) is 10.6. The number of hydrogen-bond donors (Lipinski definition) is 1. The van der Waals surface area contributed by atoms with Gasteiger partial charge >= 0.3 is 0 Å². The molecule has 0 aliphatic heterocycles. The fraction of sp³-hybridized carbons (Fsp3) is 0.467. The Balaban J connectivity index is 2.02. The third kappa shape index (κ3) is 3.34. The summed E-state index contributed by atoms with van der Waals surface area (Å²) in [7, 11) is 4.24. The molecule has 2 rings (SSSR count). The monoisotopic (exact) mass is 231 g/mol. The Hall–Kier alpha value is -1.28. The summed E-state index contributed by atoms with van der Waals surface area (Å²) >= 11 is 0. The fourth-order valence-corrected chi connectivity index (χ4v) is 2.53. The van der Waals surface area contributed by atoms with Crippen molar-refractivity contribution in [1.29, 1.82) is 0 Å². The predicted octanol–water partition coefficient (Wildman–Crippen LogP) is 3.00. The average Bonchev–Trinajstić information content (AvgIpc) is 2.29. The number of benzene rings is 1. The molecule has 0 saturated heterocycles. The van der Waals surface area contributed by atoms with Crippen LogP contribution in [0.4, 0.5) is 0 Å². The summed E-state index contributed by atoms with van der Waals surface area (Å²) in [5.74, 6) is 1.52. The van der Waals surface area contributed by atoms with Crippen molar-refractivity contribution in [3.63, 3.8) is 0 Å². The van der Waals surface area contributed by atoms with Gasteiger partial charge in [-0.3, -0.25) is 0 Å². The average molecular weight is 231 g/mol. The molecule has 2 atom stereocenters. The van der Waals surface area contributed by atoms with Crippen molar-refractivity contribution in [2.24, 2.45) is 5.92 Å². The molecule has 0 bridgehead atoms. The van der Waals surface area contributed by atoms with Gasteiger partial charge in [0.1, 0.15) is 5.75 Å². The minimum Gasteiger partial charge on any atom is -0.508 e. The number of rotatable bonds is 3. The van der Waals surface area contributed by atoms with Gasteiger partial charge in [0, 0.05) is 12.5 Å². The zero-order valence-corrected chi connectivity index (χ0v) is 10.6. The number of nitrogens with zero attached hydrogens (tertiary/aromatic N) is 1. The molecular formula is C15H21NO.